The summed E-state index contributed by atoms with van der Waals surface area (Å²) in [7, 11) is -3.56. The second-order valence-electron chi connectivity index (χ2n) is 7.59. The molecule has 2 aromatic rings. The smallest absolute Gasteiger partial charge is 0.260 e. The van der Waals surface area contributed by atoms with E-state index < -0.39 is 10.0 Å². The van der Waals surface area contributed by atoms with E-state index in [1.807, 2.05) is 51.1 Å². The standard InChI is InChI=1S/C22H28N2O4S/c1-16-5-6-18(3)21(13-16)29(26,27)24-11-9-23(10-12-24)22(25)15-28-20-8-7-17(2)19(4)14-20/h5-8,13-14H,9-12,15H2,1-4H3. The number of nitrogens with zero attached hydrogens (tertiary/aromatic N) is 2. The first-order valence-corrected chi connectivity index (χ1v) is 11.2. The first-order valence-electron chi connectivity index (χ1n) is 9.74. The highest BCUT2D eigenvalue weighted by Gasteiger charge is 2.31. The Kier molecular flexibility index (Phi) is 6.29. The lowest BCUT2D eigenvalue weighted by Gasteiger charge is -2.34. The van der Waals surface area contributed by atoms with Gasteiger partial charge in [0.25, 0.3) is 5.91 Å². The molecular weight excluding hydrogens is 388 g/mol. The second-order valence-corrected chi connectivity index (χ2v) is 9.49. The minimum atomic E-state index is -3.56. The van der Waals surface area contributed by atoms with Crippen LogP contribution < -0.4 is 4.74 Å². The van der Waals surface area contributed by atoms with E-state index in [4.69, 9.17) is 4.74 Å². The maximum absolute atomic E-state index is 13.0. The zero-order chi connectivity index (χ0) is 21.2. The molecule has 0 atom stereocenters. The van der Waals surface area contributed by atoms with Crippen LogP contribution in [0.2, 0.25) is 0 Å². The topological polar surface area (TPSA) is 66.9 Å². The van der Waals surface area contributed by atoms with E-state index in [1.54, 1.807) is 17.9 Å². The van der Waals surface area contributed by atoms with E-state index in [-0.39, 0.29) is 25.6 Å². The minimum absolute atomic E-state index is 0.0494. The van der Waals surface area contributed by atoms with Crippen LogP contribution in [0.3, 0.4) is 0 Å². The Labute approximate surface area is 173 Å². The molecular formula is C22H28N2O4S. The first kappa shape index (κ1) is 21.3. The van der Waals surface area contributed by atoms with Gasteiger partial charge in [-0.2, -0.15) is 4.31 Å². The van der Waals surface area contributed by atoms with Gasteiger partial charge in [-0.3, -0.25) is 4.79 Å². The van der Waals surface area contributed by atoms with Crippen LogP contribution in [-0.2, 0) is 14.8 Å². The van der Waals surface area contributed by atoms with Crippen LogP contribution in [0.1, 0.15) is 22.3 Å². The van der Waals surface area contributed by atoms with Crippen LogP contribution >= 0.6 is 0 Å². The van der Waals surface area contributed by atoms with Crippen molar-refractivity contribution in [1.29, 1.82) is 0 Å². The molecule has 0 spiro atoms. The van der Waals surface area contributed by atoms with Crippen molar-refractivity contribution < 1.29 is 17.9 Å². The summed E-state index contributed by atoms with van der Waals surface area (Å²) < 4.78 is 33.1. The summed E-state index contributed by atoms with van der Waals surface area (Å²) in [6.45, 7) is 8.94. The quantitative estimate of drug-likeness (QED) is 0.752. The number of ether oxygens (including phenoxy) is 1. The fraction of sp³-hybridized carbons (Fsp3) is 0.409. The van der Waals surface area contributed by atoms with Crippen molar-refractivity contribution in [2.24, 2.45) is 0 Å². The molecule has 0 saturated carbocycles. The minimum Gasteiger partial charge on any atom is -0.484 e. The Morgan fingerprint density at radius 2 is 1.55 bits per heavy atom. The average Bonchev–Trinajstić information content (AvgIpc) is 2.70. The van der Waals surface area contributed by atoms with E-state index in [2.05, 4.69) is 0 Å². The van der Waals surface area contributed by atoms with Gasteiger partial charge in [-0.1, -0.05) is 18.2 Å². The Morgan fingerprint density at radius 1 is 0.897 bits per heavy atom. The number of rotatable bonds is 5. The monoisotopic (exact) mass is 416 g/mol. The van der Waals surface area contributed by atoms with Crippen LogP contribution in [0.15, 0.2) is 41.3 Å². The molecule has 1 amide bonds. The lowest BCUT2D eigenvalue weighted by atomic mass is 10.1. The summed E-state index contributed by atoms with van der Waals surface area (Å²) >= 11 is 0. The highest BCUT2D eigenvalue weighted by atomic mass is 32.2. The van der Waals surface area contributed by atoms with E-state index >= 15 is 0 Å². The number of hydrogen-bond acceptors (Lipinski definition) is 4. The van der Waals surface area contributed by atoms with Gasteiger partial charge in [0.15, 0.2) is 6.61 Å². The Morgan fingerprint density at radius 3 is 2.21 bits per heavy atom. The van der Waals surface area contributed by atoms with Gasteiger partial charge in [0.05, 0.1) is 4.90 Å². The van der Waals surface area contributed by atoms with Gasteiger partial charge in [0.2, 0.25) is 10.0 Å². The number of carbonyl (C=O) groups is 1. The van der Waals surface area contributed by atoms with Gasteiger partial charge in [-0.05, 0) is 68.1 Å². The fourth-order valence-electron chi connectivity index (χ4n) is 3.34. The normalized spacial score (nSPS) is 15.4. The molecule has 1 saturated heterocycles. The zero-order valence-corrected chi connectivity index (χ0v) is 18.3. The summed E-state index contributed by atoms with van der Waals surface area (Å²) in [6.07, 6.45) is 0. The molecule has 0 aromatic heterocycles. The number of sulfonamides is 1. The van der Waals surface area contributed by atoms with Crippen LogP contribution in [0.25, 0.3) is 0 Å². The van der Waals surface area contributed by atoms with E-state index in [0.29, 0.717) is 23.7 Å². The van der Waals surface area contributed by atoms with Crippen molar-refractivity contribution in [3.05, 3.63) is 58.7 Å². The summed E-state index contributed by atoms with van der Waals surface area (Å²) in [5.41, 5.74) is 3.92. The number of benzene rings is 2. The van der Waals surface area contributed by atoms with Crippen molar-refractivity contribution in [2.45, 2.75) is 32.6 Å². The SMILES string of the molecule is Cc1ccc(C)c(S(=O)(=O)N2CCN(C(=O)COc3ccc(C)c(C)c3)CC2)c1. The van der Waals surface area contributed by atoms with Crippen molar-refractivity contribution >= 4 is 15.9 Å². The molecule has 1 aliphatic rings. The summed E-state index contributed by atoms with van der Waals surface area (Å²) in [6, 6.07) is 11.2. The predicted octanol–water partition coefficient (Wildman–Crippen LogP) is 2.83. The van der Waals surface area contributed by atoms with Crippen LogP contribution in [0, 0.1) is 27.7 Å². The fourth-order valence-corrected chi connectivity index (χ4v) is 5.07. The molecule has 0 N–H and O–H groups in total. The highest BCUT2D eigenvalue weighted by molar-refractivity contribution is 7.89. The highest BCUT2D eigenvalue weighted by Crippen LogP contribution is 2.22. The molecule has 6 nitrogen and oxygen atoms in total. The molecule has 0 bridgehead atoms. The summed E-state index contributed by atoms with van der Waals surface area (Å²) in [5.74, 6) is 0.532. The van der Waals surface area contributed by atoms with Crippen molar-refractivity contribution in [2.75, 3.05) is 32.8 Å². The molecule has 2 aromatic carbocycles. The van der Waals surface area contributed by atoms with Gasteiger partial charge in [0.1, 0.15) is 5.75 Å². The van der Waals surface area contributed by atoms with Crippen LogP contribution in [0.5, 0.6) is 5.75 Å². The van der Waals surface area contributed by atoms with Crippen molar-refractivity contribution in [3.8, 4) is 5.75 Å². The van der Waals surface area contributed by atoms with E-state index in [9.17, 15) is 13.2 Å². The van der Waals surface area contributed by atoms with Crippen molar-refractivity contribution in [1.82, 2.24) is 9.21 Å². The van der Waals surface area contributed by atoms with Gasteiger partial charge in [-0.25, -0.2) is 8.42 Å². The zero-order valence-electron chi connectivity index (χ0n) is 17.4. The van der Waals surface area contributed by atoms with E-state index in [1.165, 1.54) is 9.87 Å². The molecule has 1 aliphatic heterocycles. The third-order valence-electron chi connectivity index (χ3n) is 5.39. The largest absolute Gasteiger partial charge is 0.484 e. The van der Waals surface area contributed by atoms with Gasteiger partial charge in [-0.15, -0.1) is 0 Å². The summed E-state index contributed by atoms with van der Waals surface area (Å²) in [4.78, 5) is 14.5. The van der Waals surface area contributed by atoms with Crippen LogP contribution in [0.4, 0.5) is 0 Å². The third-order valence-corrected chi connectivity index (χ3v) is 7.43. The van der Waals surface area contributed by atoms with Crippen LogP contribution in [-0.4, -0.2) is 56.3 Å². The Balaban J connectivity index is 1.58. The lowest BCUT2D eigenvalue weighted by Crippen LogP contribution is -2.51. The number of amides is 1. The number of piperazine rings is 1. The molecule has 156 valence electrons. The number of hydrogen-bond donors (Lipinski definition) is 0. The average molecular weight is 417 g/mol. The molecule has 1 fully saturated rings. The number of aryl methyl sites for hydroxylation is 4. The Bertz CT molecular complexity index is 1010. The van der Waals surface area contributed by atoms with Gasteiger partial charge in [0, 0.05) is 26.2 Å². The molecule has 0 radical (unpaired) electrons. The van der Waals surface area contributed by atoms with Crippen molar-refractivity contribution in [3.63, 3.8) is 0 Å². The maximum Gasteiger partial charge on any atom is 0.260 e. The second kappa shape index (κ2) is 8.55. The van der Waals surface area contributed by atoms with Gasteiger partial charge >= 0.3 is 0 Å². The molecule has 1 heterocycles. The predicted molar refractivity (Wildman–Crippen MR) is 113 cm³/mol. The molecule has 3 rings (SSSR count). The third kappa shape index (κ3) is 4.79. The molecule has 0 unspecified atom stereocenters. The molecule has 7 heteroatoms. The maximum atomic E-state index is 13.0. The van der Waals surface area contributed by atoms with Gasteiger partial charge < -0.3 is 9.64 Å². The number of carbonyl (C=O) groups excluding carboxylic acids is 1. The molecule has 0 aliphatic carbocycles. The lowest BCUT2D eigenvalue weighted by molar-refractivity contribution is -0.134. The van der Waals surface area contributed by atoms with E-state index in [0.717, 1.165) is 16.7 Å². The molecule has 29 heavy (non-hydrogen) atoms. The first-order chi connectivity index (χ1) is 13.7. The summed E-state index contributed by atoms with van der Waals surface area (Å²) in [5, 5.41) is 0. The Hall–Kier alpha value is -2.38.